The molecule has 2 N–H and O–H groups in total. The minimum absolute atomic E-state index is 0.297. The second kappa shape index (κ2) is 5.67. The monoisotopic (exact) mass is 246 g/mol. The summed E-state index contributed by atoms with van der Waals surface area (Å²) in [6.45, 7) is 1.60. The normalized spacial score (nSPS) is 18.3. The number of benzene rings is 1. The zero-order chi connectivity index (χ0) is 13.0. The van der Waals surface area contributed by atoms with E-state index in [0.29, 0.717) is 17.3 Å². The van der Waals surface area contributed by atoms with E-state index in [2.05, 4.69) is 22.4 Å². The Morgan fingerprint density at radius 1 is 1.06 bits per heavy atom. The number of nitrogens with zero attached hydrogens (tertiary/aromatic N) is 2. The standard InChI is InChI=1S/C14H18N2O2/c1-10(15-17)14(16-18)13-8-6-12(7-9-13)11-4-2-3-5-11/h6-9,11,17-18H,2-5H2,1H3/b15-10+,16-14-. The van der Waals surface area contributed by atoms with Crippen LogP contribution < -0.4 is 0 Å². The van der Waals surface area contributed by atoms with Crippen LogP contribution in [0.5, 0.6) is 0 Å². The zero-order valence-corrected chi connectivity index (χ0v) is 10.5. The Labute approximate surface area is 107 Å². The molecule has 0 saturated heterocycles. The highest BCUT2D eigenvalue weighted by molar-refractivity contribution is 6.47. The van der Waals surface area contributed by atoms with Crippen LogP contribution in [0.2, 0.25) is 0 Å². The molecule has 0 radical (unpaired) electrons. The lowest BCUT2D eigenvalue weighted by atomic mass is 9.95. The Kier molecular flexibility index (Phi) is 3.97. The van der Waals surface area contributed by atoms with E-state index in [1.54, 1.807) is 6.92 Å². The van der Waals surface area contributed by atoms with Crippen LogP contribution in [0.3, 0.4) is 0 Å². The first kappa shape index (κ1) is 12.6. The van der Waals surface area contributed by atoms with E-state index in [-0.39, 0.29) is 0 Å². The van der Waals surface area contributed by atoms with Gasteiger partial charge in [-0.25, -0.2) is 0 Å². The molecule has 0 unspecified atom stereocenters. The van der Waals surface area contributed by atoms with Crippen LogP contribution in [0, 0.1) is 0 Å². The molecule has 1 aromatic carbocycles. The summed E-state index contributed by atoms with van der Waals surface area (Å²) in [5.74, 6) is 0.668. The molecule has 0 heterocycles. The summed E-state index contributed by atoms with van der Waals surface area (Å²) in [6, 6.07) is 7.97. The van der Waals surface area contributed by atoms with Crippen molar-refractivity contribution < 1.29 is 10.4 Å². The van der Waals surface area contributed by atoms with Gasteiger partial charge < -0.3 is 10.4 Å². The van der Waals surface area contributed by atoms with Crippen molar-refractivity contribution in [3.8, 4) is 0 Å². The zero-order valence-electron chi connectivity index (χ0n) is 10.5. The fourth-order valence-corrected chi connectivity index (χ4v) is 2.56. The third-order valence-corrected chi connectivity index (χ3v) is 3.60. The average Bonchev–Trinajstić information content (AvgIpc) is 2.94. The lowest BCUT2D eigenvalue weighted by Gasteiger charge is -2.10. The second-order valence-electron chi connectivity index (χ2n) is 4.74. The van der Waals surface area contributed by atoms with Gasteiger partial charge in [-0.2, -0.15) is 0 Å². The van der Waals surface area contributed by atoms with Gasteiger partial charge in [-0.3, -0.25) is 0 Å². The number of rotatable bonds is 3. The number of hydrogen-bond acceptors (Lipinski definition) is 4. The van der Waals surface area contributed by atoms with E-state index in [1.165, 1.54) is 31.2 Å². The Morgan fingerprint density at radius 2 is 1.67 bits per heavy atom. The first-order valence-electron chi connectivity index (χ1n) is 6.27. The first-order chi connectivity index (χ1) is 8.76. The Morgan fingerprint density at radius 3 is 2.17 bits per heavy atom. The topological polar surface area (TPSA) is 65.2 Å². The molecule has 96 valence electrons. The summed E-state index contributed by atoms with van der Waals surface area (Å²) in [4.78, 5) is 0. The molecule has 0 spiro atoms. The van der Waals surface area contributed by atoms with Gasteiger partial charge in [0.25, 0.3) is 0 Å². The van der Waals surface area contributed by atoms with Gasteiger partial charge in [-0.05, 0) is 31.2 Å². The summed E-state index contributed by atoms with van der Waals surface area (Å²) < 4.78 is 0. The van der Waals surface area contributed by atoms with E-state index in [1.807, 2.05) is 12.1 Å². The fourth-order valence-electron chi connectivity index (χ4n) is 2.56. The molecule has 0 atom stereocenters. The predicted molar refractivity (Wildman–Crippen MR) is 70.9 cm³/mol. The van der Waals surface area contributed by atoms with Gasteiger partial charge in [-0.15, -0.1) is 0 Å². The summed E-state index contributed by atoms with van der Waals surface area (Å²) in [5.41, 5.74) is 2.70. The summed E-state index contributed by atoms with van der Waals surface area (Å²) >= 11 is 0. The van der Waals surface area contributed by atoms with Gasteiger partial charge in [-0.1, -0.05) is 47.4 Å². The van der Waals surface area contributed by atoms with E-state index in [9.17, 15) is 0 Å². The van der Waals surface area contributed by atoms with Crippen LogP contribution >= 0.6 is 0 Å². The maximum absolute atomic E-state index is 8.96. The largest absolute Gasteiger partial charge is 0.411 e. The van der Waals surface area contributed by atoms with Crippen molar-refractivity contribution in [1.82, 2.24) is 0 Å². The van der Waals surface area contributed by atoms with E-state index < -0.39 is 0 Å². The Hall–Kier alpha value is -1.84. The maximum Gasteiger partial charge on any atom is 0.134 e. The molecule has 0 bridgehead atoms. The van der Waals surface area contributed by atoms with Crippen LogP contribution in [0.4, 0.5) is 0 Å². The molecular formula is C14H18N2O2. The summed E-state index contributed by atoms with van der Waals surface area (Å²) in [5, 5.41) is 23.9. The van der Waals surface area contributed by atoms with Crippen molar-refractivity contribution >= 4 is 11.4 Å². The highest BCUT2D eigenvalue weighted by Crippen LogP contribution is 2.33. The van der Waals surface area contributed by atoms with Gasteiger partial charge in [0.2, 0.25) is 0 Å². The molecule has 0 aliphatic heterocycles. The lowest BCUT2D eigenvalue weighted by molar-refractivity contribution is 0.314. The summed E-state index contributed by atoms with van der Waals surface area (Å²) in [7, 11) is 0. The summed E-state index contributed by atoms with van der Waals surface area (Å²) in [6.07, 6.45) is 5.15. The third kappa shape index (κ3) is 2.53. The van der Waals surface area contributed by atoms with Crippen LogP contribution in [0.25, 0.3) is 0 Å². The highest BCUT2D eigenvalue weighted by atomic mass is 16.4. The van der Waals surface area contributed by atoms with Crippen molar-refractivity contribution in [2.75, 3.05) is 0 Å². The molecular weight excluding hydrogens is 228 g/mol. The SMILES string of the molecule is CC(=N\O)/C(=N/O)c1ccc(C2CCCC2)cc1. The molecule has 1 aliphatic carbocycles. The highest BCUT2D eigenvalue weighted by Gasteiger charge is 2.17. The molecule has 4 heteroatoms. The molecule has 18 heavy (non-hydrogen) atoms. The molecule has 1 fully saturated rings. The molecule has 0 aromatic heterocycles. The fraction of sp³-hybridized carbons (Fsp3) is 0.429. The lowest BCUT2D eigenvalue weighted by Crippen LogP contribution is -2.12. The average molecular weight is 246 g/mol. The number of hydrogen-bond donors (Lipinski definition) is 2. The van der Waals surface area contributed by atoms with Crippen LogP contribution in [-0.2, 0) is 0 Å². The quantitative estimate of drug-likeness (QED) is 0.488. The Bertz CT molecular complexity index is 457. The minimum atomic E-state index is 0.297. The van der Waals surface area contributed by atoms with E-state index in [4.69, 9.17) is 10.4 Å². The molecule has 0 amide bonds. The van der Waals surface area contributed by atoms with Crippen LogP contribution in [0.15, 0.2) is 34.6 Å². The van der Waals surface area contributed by atoms with Gasteiger partial charge in [0, 0.05) is 5.56 Å². The molecule has 2 rings (SSSR count). The molecule has 1 saturated carbocycles. The minimum Gasteiger partial charge on any atom is -0.411 e. The first-order valence-corrected chi connectivity index (χ1v) is 6.27. The molecule has 4 nitrogen and oxygen atoms in total. The second-order valence-corrected chi connectivity index (χ2v) is 4.74. The van der Waals surface area contributed by atoms with Crippen molar-refractivity contribution in [2.45, 2.75) is 38.5 Å². The van der Waals surface area contributed by atoms with Crippen molar-refractivity contribution in [3.05, 3.63) is 35.4 Å². The van der Waals surface area contributed by atoms with Gasteiger partial charge in [0.1, 0.15) is 11.4 Å². The van der Waals surface area contributed by atoms with Gasteiger partial charge >= 0.3 is 0 Å². The van der Waals surface area contributed by atoms with Crippen molar-refractivity contribution in [3.63, 3.8) is 0 Å². The third-order valence-electron chi connectivity index (χ3n) is 3.60. The van der Waals surface area contributed by atoms with Crippen molar-refractivity contribution in [2.24, 2.45) is 10.3 Å². The van der Waals surface area contributed by atoms with Gasteiger partial charge in [0.05, 0.1) is 0 Å². The maximum atomic E-state index is 8.96. The molecule has 1 aromatic rings. The van der Waals surface area contributed by atoms with Crippen molar-refractivity contribution in [1.29, 1.82) is 0 Å². The van der Waals surface area contributed by atoms with Crippen LogP contribution in [-0.4, -0.2) is 21.8 Å². The van der Waals surface area contributed by atoms with Crippen LogP contribution in [0.1, 0.15) is 49.7 Å². The smallest absolute Gasteiger partial charge is 0.134 e. The van der Waals surface area contributed by atoms with E-state index >= 15 is 0 Å². The number of oxime groups is 2. The Balaban J connectivity index is 2.21. The predicted octanol–water partition coefficient (Wildman–Crippen LogP) is 3.37. The van der Waals surface area contributed by atoms with E-state index in [0.717, 1.165) is 5.56 Å². The molecule has 1 aliphatic rings. The van der Waals surface area contributed by atoms with Gasteiger partial charge in [0.15, 0.2) is 0 Å².